The van der Waals surface area contributed by atoms with E-state index in [0.29, 0.717) is 34.7 Å². The summed E-state index contributed by atoms with van der Waals surface area (Å²) in [5.74, 6) is 0.823. The summed E-state index contributed by atoms with van der Waals surface area (Å²) < 4.78 is 45.9. The first kappa shape index (κ1) is 20.5. The molecule has 1 saturated heterocycles. The second-order valence-corrected chi connectivity index (χ2v) is 7.61. The van der Waals surface area contributed by atoms with Gasteiger partial charge in [-0.1, -0.05) is 6.07 Å². The van der Waals surface area contributed by atoms with E-state index in [9.17, 15) is 13.2 Å². The van der Waals surface area contributed by atoms with Gasteiger partial charge in [0.25, 0.3) is 0 Å². The highest BCUT2D eigenvalue weighted by Crippen LogP contribution is 2.36. The van der Waals surface area contributed by atoms with Crippen LogP contribution in [0.2, 0.25) is 0 Å². The molecule has 2 aromatic heterocycles. The number of benzene rings is 1. The second kappa shape index (κ2) is 7.81. The molecule has 4 rings (SSSR count). The van der Waals surface area contributed by atoms with E-state index in [0.717, 1.165) is 19.2 Å². The first-order valence-electron chi connectivity index (χ1n) is 9.67. The SMILES string of the molecule is CC1CN(Cc2nc(N)c3ccc(-c4ncccc4C(F)(F)F)cc3n2)CC(C)O1. The van der Waals surface area contributed by atoms with Crippen molar-refractivity contribution in [3.8, 4) is 11.3 Å². The van der Waals surface area contributed by atoms with Crippen molar-refractivity contribution in [2.45, 2.75) is 38.8 Å². The van der Waals surface area contributed by atoms with E-state index < -0.39 is 11.7 Å². The summed E-state index contributed by atoms with van der Waals surface area (Å²) in [6, 6.07) is 7.07. The molecule has 1 aliphatic rings. The molecule has 0 spiro atoms. The van der Waals surface area contributed by atoms with Crippen LogP contribution in [-0.4, -0.2) is 45.1 Å². The summed E-state index contributed by atoms with van der Waals surface area (Å²) in [7, 11) is 0. The third-order valence-electron chi connectivity index (χ3n) is 5.02. The van der Waals surface area contributed by atoms with E-state index in [-0.39, 0.29) is 17.9 Å². The topological polar surface area (TPSA) is 77.2 Å². The summed E-state index contributed by atoms with van der Waals surface area (Å²) >= 11 is 0. The third kappa shape index (κ3) is 4.22. The molecule has 2 atom stereocenters. The Balaban J connectivity index is 1.71. The lowest BCUT2D eigenvalue weighted by Gasteiger charge is -2.34. The van der Waals surface area contributed by atoms with E-state index >= 15 is 0 Å². The molecule has 9 heteroatoms. The van der Waals surface area contributed by atoms with E-state index in [1.54, 1.807) is 18.2 Å². The summed E-state index contributed by atoms with van der Waals surface area (Å²) in [5, 5.41) is 0.593. The molecule has 1 fully saturated rings. The molecule has 1 aliphatic heterocycles. The van der Waals surface area contributed by atoms with Crippen LogP contribution in [0, 0.1) is 0 Å². The molecular weight excluding hydrogens is 395 g/mol. The number of aromatic nitrogens is 3. The maximum absolute atomic E-state index is 13.4. The molecule has 2 unspecified atom stereocenters. The molecule has 30 heavy (non-hydrogen) atoms. The second-order valence-electron chi connectivity index (χ2n) is 7.61. The molecule has 3 heterocycles. The average molecular weight is 417 g/mol. The number of alkyl halides is 3. The molecule has 0 bridgehead atoms. The van der Waals surface area contributed by atoms with Crippen molar-refractivity contribution in [3.63, 3.8) is 0 Å². The Morgan fingerprint density at radius 1 is 1.13 bits per heavy atom. The quantitative estimate of drug-likeness (QED) is 0.697. The van der Waals surface area contributed by atoms with Crippen LogP contribution < -0.4 is 5.73 Å². The smallest absolute Gasteiger partial charge is 0.383 e. The van der Waals surface area contributed by atoms with Crippen LogP contribution in [0.1, 0.15) is 25.2 Å². The van der Waals surface area contributed by atoms with E-state index in [1.807, 2.05) is 13.8 Å². The number of nitrogen functional groups attached to an aromatic ring is 1. The van der Waals surface area contributed by atoms with Gasteiger partial charge in [-0.15, -0.1) is 0 Å². The number of anilines is 1. The minimum atomic E-state index is -4.50. The molecule has 2 N–H and O–H groups in total. The van der Waals surface area contributed by atoms with Crippen LogP contribution in [-0.2, 0) is 17.5 Å². The van der Waals surface area contributed by atoms with Crippen LogP contribution in [0.3, 0.4) is 0 Å². The van der Waals surface area contributed by atoms with Gasteiger partial charge in [0.1, 0.15) is 11.6 Å². The standard InChI is InChI=1S/C21H22F3N5O/c1-12-9-29(10-13(2)30-12)11-18-27-17-8-14(5-6-15(17)20(25)28-18)19-16(21(22,23)24)4-3-7-26-19/h3-8,12-13H,9-11H2,1-2H3,(H2,25,27,28). The Morgan fingerprint density at radius 3 is 2.57 bits per heavy atom. The van der Waals surface area contributed by atoms with Crippen molar-refractivity contribution >= 4 is 16.7 Å². The maximum Gasteiger partial charge on any atom is 0.418 e. The largest absolute Gasteiger partial charge is 0.418 e. The summed E-state index contributed by atoms with van der Waals surface area (Å²) in [4.78, 5) is 15.1. The fraction of sp³-hybridized carbons (Fsp3) is 0.381. The Kier molecular flexibility index (Phi) is 5.33. The monoisotopic (exact) mass is 417 g/mol. The fourth-order valence-corrected chi connectivity index (χ4v) is 3.90. The van der Waals surface area contributed by atoms with Gasteiger partial charge in [-0.3, -0.25) is 9.88 Å². The molecule has 0 saturated carbocycles. The maximum atomic E-state index is 13.4. The fourth-order valence-electron chi connectivity index (χ4n) is 3.90. The lowest BCUT2D eigenvalue weighted by molar-refractivity contribution is -0.137. The molecule has 3 aromatic rings. The first-order chi connectivity index (χ1) is 14.2. The molecule has 158 valence electrons. The summed E-state index contributed by atoms with van der Waals surface area (Å²) in [5.41, 5.74) is 6.00. The van der Waals surface area contributed by atoms with Crippen molar-refractivity contribution in [3.05, 3.63) is 47.9 Å². The van der Waals surface area contributed by atoms with Gasteiger partial charge in [-0.25, -0.2) is 9.97 Å². The van der Waals surface area contributed by atoms with Gasteiger partial charge in [-0.05, 0) is 38.1 Å². The van der Waals surface area contributed by atoms with Gasteiger partial charge < -0.3 is 10.5 Å². The molecular formula is C21H22F3N5O. The lowest BCUT2D eigenvalue weighted by atomic mass is 10.0. The zero-order valence-electron chi connectivity index (χ0n) is 16.6. The number of hydrogen-bond acceptors (Lipinski definition) is 6. The Morgan fingerprint density at radius 2 is 1.87 bits per heavy atom. The van der Waals surface area contributed by atoms with Crippen LogP contribution in [0.4, 0.5) is 19.0 Å². The van der Waals surface area contributed by atoms with Gasteiger partial charge in [0.15, 0.2) is 0 Å². The minimum absolute atomic E-state index is 0.100. The van der Waals surface area contributed by atoms with Gasteiger partial charge in [0.05, 0.1) is 35.5 Å². The molecule has 1 aromatic carbocycles. The predicted octanol–water partition coefficient (Wildman–Crippen LogP) is 3.90. The normalized spacial score (nSPS) is 20.6. The van der Waals surface area contributed by atoms with Crippen molar-refractivity contribution in [2.75, 3.05) is 18.8 Å². The van der Waals surface area contributed by atoms with Crippen molar-refractivity contribution < 1.29 is 17.9 Å². The minimum Gasteiger partial charge on any atom is -0.383 e. The Bertz CT molecular complexity index is 1060. The lowest BCUT2D eigenvalue weighted by Crippen LogP contribution is -2.45. The number of nitrogens with zero attached hydrogens (tertiary/aromatic N) is 4. The summed E-state index contributed by atoms with van der Waals surface area (Å²) in [6.45, 7) is 5.99. The Labute approximate surface area is 171 Å². The number of halogens is 3. The van der Waals surface area contributed by atoms with E-state index in [4.69, 9.17) is 10.5 Å². The van der Waals surface area contributed by atoms with Gasteiger partial charge >= 0.3 is 6.18 Å². The molecule has 0 aliphatic carbocycles. The van der Waals surface area contributed by atoms with E-state index in [2.05, 4.69) is 19.9 Å². The highest BCUT2D eigenvalue weighted by molar-refractivity contribution is 5.91. The number of pyridine rings is 1. The van der Waals surface area contributed by atoms with Gasteiger partial charge in [0.2, 0.25) is 0 Å². The molecule has 0 amide bonds. The zero-order valence-corrected chi connectivity index (χ0v) is 16.6. The van der Waals surface area contributed by atoms with Gasteiger partial charge in [0, 0.05) is 30.2 Å². The summed E-state index contributed by atoms with van der Waals surface area (Å²) in [6.07, 6.45) is -2.96. The van der Waals surface area contributed by atoms with Crippen LogP contribution in [0.15, 0.2) is 36.5 Å². The Hall–Kier alpha value is -2.78. The first-order valence-corrected chi connectivity index (χ1v) is 9.67. The van der Waals surface area contributed by atoms with E-state index in [1.165, 1.54) is 12.3 Å². The van der Waals surface area contributed by atoms with Crippen LogP contribution in [0.25, 0.3) is 22.2 Å². The number of morpholine rings is 1. The van der Waals surface area contributed by atoms with Crippen LogP contribution >= 0.6 is 0 Å². The third-order valence-corrected chi connectivity index (χ3v) is 5.02. The van der Waals surface area contributed by atoms with Crippen LogP contribution in [0.5, 0.6) is 0 Å². The van der Waals surface area contributed by atoms with Gasteiger partial charge in [-0.2, -0.15) is 13.2 Å². The number of rotatable bonds is 3. The molecule has 0 radical (unpaired) electrons. The zero-order chi connectivity index (χ0) is 21.5. The highest BCUT2D eigenvalue weighted by Gasteiger charge is 2.34. The average Bonchev–Trinajstić information content (AvgIpc) is 2.66. The van der Waals surface area contributed by atoms with Crippen molar-refractivity contribution in [1.82, 2.24) is 19.9 Å². The number of nitrogens with two attached hydrogens (primary N) is 1. The predicted molar refractivity (Wildman–Crippen MR) is 107 cm³/mol. The number of hydrogen-bond donors (Lipinski definition) is 1. The van der Waals surface area contributed by atoms with Crippen molar-refractivity contribution in [1.29, 1.82) is 0 Å². The number of ether oxygens (including phenoxy) is 1. The molecule has 6 nitrogen and oxygen atoms in total. The van der Waals surface area contributed by atoms with Crippen molar-refractivity contribution in [2.24, 2.45) is 0 Å². The number of fused-ring (bicyclic) bond motifs is 1. The highest BCUT2D eigenvalue weighted by atomic mass is 19.4.